The third-order valence-electron chi connectivity index (χ3n) is 5.84. The van der Waals surface area contributed by atoms with Gasteiger partial charge < -0.3 is 20.7 Å². The summed E-state index contributed by atoms with van der Waals surface area (Å²) < 4.78 is 34.1. The van der Waals surface area contributed by atoms with Crippen molar-refractivity contribution in [3.63, 3.8) is 0 Å². The van der Waals surface area contributed by atoms with E-state index in [9.17, 15) is 8.78 Å². The number of nitrogens with two attached hydrogens (primary N) is 1. The molecule has 8 nitrogen and oxygen atoms in total. The van der Waals surface area contributed by atoms with Gasteiger partial charge in [0.1, 0.15) is 29.7 Å². The van der Waals surface area contributed by atoms with Crippen molar-refractivity contribution in [3.05, 3.63) is 52.9 Å². The summed E-state index contributed by atoms with van der Waals surface area (Å²) >= 11 is 0. The Hall–Kier alpha value is -3.42. The minimum Gasteiger partial charge on any atom is -0.374 e. The Kier molecular flexibility index (Phi) is 4.64. The van der Waals surface area contributed by atoms with Crippen molar-refractivity contribution in [2.24, 2.45) is 5.73 Å². The molecule has 0 unspecified atom stereocenters. The second-order valence-corrected chi connectivity index (χ2v) is 7.81. The molecular weight excluding hydrogens is 404 g/mol. The largest absolute Gasteiger partial charge is 0.374 e. The molecule has 3 N–H and O–H groups in total. The second kappa shape index (κ2) is 7.37. The summed E-state index contributed by atoms with van der Waals surface area (Å²) in [4.78, 5) is 6.80. The zero-order valence-electron chi connectivity index (χ0n) is 16.6. The molecule has 1 aromatic carbocycles. The number of rotatable bonds is 4. The van der Waals surface area contributed by atoms with Crippen LogP contribution in [0.5, 0.6) is 0 Å². The van der Waals surface area contributed by atoms with Crippen LogP contribution in [0.3, 0.4) is 0 Å². The molecule has 5 rings (SSSR count). The lowest BCUT2D eigenvalue weighted by Gasteiger charge is -2.28. The van der Waals surface area contributed by atoms with Gasteiger partial charge in [-0.3, -0.25) is 0 Å². The molecule has 0 saturated carbocycles. The van der Waals surface area contributed by atoms with Crippen LogP contribution in [0.1, 0.15) is 29.4 Å². The zero-order valence-corrected chi connectivity index (χ0v) is 16.6. The van der Waals surface area contributed by atoms with E-state index < -0.39 is 23.4 Å². The highest BCUT2D eigenvalue weighted by atomic mass is 19.1. The van der Waals surface area contributed by atoms with Gasteiger partial charge in [-0.05, 0) is 31.5 Å². The number of nitriles is 1. The Bertz CT molecular complexity index is 1230. The fraction of sp³-hybridized carbons (Fsp3) is 0.333. The summed E-state index contributed by atoms with van der Waals surface area (Å²) in [5.41, 5.74) is 6.22. The van der Waals surface area contributed by atoms with Crippen LogP contribution in [-0.4, -0.2) is 40.5 Å². The van der Waals surface area contributed by atoms with Gasteiger partial charge in [-0.1, -0.05) is 0 Å². The van der Waals surface area contributed by atoms with Gasteiger partial charge in [0.25, 0.3) is 0 Å². The highest BCUT2D eigenvalue weighted by Gasteiger charge is 2.39. The van der Waals surface area contributed by atoms with E-state index in [4.69, 9.17) is 15.7 Å². The first-order chi connectivity index (χ1) is 14.9. The Morgan fingerprint density at radius 2 is 2.13 bits per heavy atom. The monoisotopic (exact) mass is 423 g/mol. The summed E-state index contributed by atoms with van der Waals surface area (Å²) in [7, 11) is 0. The van der Waals surface area contributed by atoms with Gasteiger partial charge in [-0.15, -0.1) is 5.10 Å². The maximum atomic E-state index is 14.6. The van der Waals surface area contributed by atoms with Crippen LogP contribution in [0.25, 0.3) is 10.8 Å². The molecule has 31 heavy (non-hydrogen) atoms. The highest BCUT2D eigenvalue weighted by molar-refractivity contribution is 5.94. The molecule has 0 amide bonds. The summed E-state index contributed by atoms with van der Waals surface area (Å²) in [5.74, 6) is -0.512. The van der Waals surface area contributed by atoms with Crippen LogP contribution < -0.4 is 16.0 Å². The number of halogens is 2. The zero-order chi connectivity index (χ0) is 21.7. The Morgan fingerprint density at radius 3 is 2.84 bits per heavy atom. The van der Waals surface area contributed by atoms with Crippen molar-refractivity contribution >= 4 is 22.4 Å². The first-order valence-corrected chi connectivity index (χ1v) is 9.87. The third kappa shape index (κ3) is 3.32. The Labute approximate surface area is 176 Å². The molecule has 2 bridgehead atoms. The second-order valence-electron chi connectivity index (χ2n) is 7.81. The quantitative estimate of drug-likeness (QED) is 0.616. The van der Waals surface area contributed by atoms with E-state index in [0.717, 1.165) is 36.3 Å². The number of hydrogen-bond donors (Lipinski definition) is 2. The van der Waals surface area contributed by atoms with E-state index >= 15 is 0 Å². The fourth-order valence-corrected chi connectivity index (χ4v) is 4.25. The van der Waals surface area contributed by atoms with Crippen molar-refractivity contribution in [2.45, 2.75) is 31.7 Å². The van der Waals surface area contributed by atoms with Crippen molar-refractivity contribution in [3.8, 4) is 6.07 Å². The van der Waals surface area contributed by atoms with Crippen molar-refractivity contribution in [2.75, 3.05) is 23.4 Å². The standard InChI is InChI=1S/C21H19F2N7O/c1-10-17-7-26-18(30-8-14-4-13(30)9-31-14)5-15(17)21(29-28-10)27-20(25)16-3-12(22)2-11(6-24)19(16)23/h2-3,5,7,13-14,20H,4,8-9,25H2,1H3,(H,27,29)/t13-,14-,20+/m1/s1. The number of nitrogens with one attached hydrogen (secondary N) is 1. The number of pyridine rings is 1. The number of anilines is 2. The maximum absolute atomic E-state index is 14.6. The molecule has 0 aliphatic carbocycles. The van der Waals surface area contributed by atoms with Crippen LogP contribution in [0, 0.1) is 29.9 Å². The van der Waals surface area contributed by atoms with Crippen LogP contribution in [0.2, 0.25) is 0 Å². The van der Waals surface area contributed by atoms with Crippen LogP contribution in [-0.2, 0) is 4.74 Å². The average Bonchev–Trinajstić information content (AvgIpc) is 3.40. The predicted molar refractivity (Wildman–Crippen MR) is 109 cm³/mol. The van der Waals surface area contributed by atoms with Gasteiger partial charge in [0, 0.05) is 29.1 Å². The van der Waals surface area contributed by atoms with E-state index in [2.05, 4.69) is 25.4 Å². The van der Waals surface area contributed by atoms with Gasteiger partial charge in [0.2, 0.25) is 0 Å². The molecule has 158 valence electrons. The summed E-state index contributed by atoms with van der Waals surface area (Å²) in [5, 5.41) is 21.8. The van der Waals surface area contributed by atoms with Gasteiger partial charge in [0.15, 0.2) is 5.82 Å². The fourth-order valence-electron chi connectivity index (χ4n) is 4.25. The molecule has 3 aromatic rings. The molecule has 4 heterocycles. The lowest BCUT2D eigenvalue weighted by molar-refractivity contribution is 0.0989. The van der Waals surface area contributed by atoms with Crippen LogP contribution in [0.4, 0.5) is 20.4 Å². The number of morpholine rings is 1. The molecule has 2 saturated heterocycles. The number of benzene rings is 1. The molecule has 3 atom stereocenters. The number of aromatic nitrogens is 3. The lowest BCUT2D eigenvalue weighted by Crippen LogP contribution is -2.37. The van der Waals surface area contributed by atoms with Crippen molar-refractivity contribution in [1.82, 2.24) is 15.2 Å². The third-order valence-corrected chi connectivity index (χ3v) is 5.84. The lowest BCUT2D eigenvalue weighted by atomic mass is 10.1. The summed E-state index contributed by atoms with van der Waals surface area (Å²) in [6, 6.07) is 5.61. The Balaban J connectivity index is 1.53. The topological polar surface area (TPSA) is 113 Å². The van der Waals surface area contributed by atoms with Crippen molar-refractivity contribution in [1.29, 1.82) is 5.26 Å². The molecule has 2 aromatic heterocycles. The Morgan fingerprint density at radius 1 is 1.29 bits per heavy atom. The first-order valence-electron chi connectivity index (χ1n) is 9.87. The number of nitrogens with zero attached hydrogens (tertiary/aromatic N) is 5. The number of ether oxygens (including phenoxy) is 1. The molecule has 0 spiro atoms. The van der Waals surface area contributed by atoms with E-state index in [-0.39, 0.29) is 17.7 Å². The normalized spacial score (nSPS) is 20.8. The number of aryl methyl sites for hydroxylation is 1. The van der Waals surface area contributed by atoms with Crippen LogP contribution in [0.15, 0.2) is 24.4 Å². The van der Waals surface area contributed by atoms with Crippen LogP contribution >= 0.6 is 0 Å². The maximum Gasteiger partial charge on any atom is 0.158 e. The molecule has 2 fully saturated rings. The summed E-state index contributed by atoms with van der Waals surface area (Å²) in [6.45, 7) is 3.26. The SMILES string of the molecule is Cc1nnc(N[C@H](N)c2cc(F)cc(C#N)c2F)c2cc(N3C[C@H]4C[C@@H]3CO4)ncc12. The highest BCUT2D eigenvalue weighted by Crippen LogP contribution is 2.34. The number of hydrogen-bond acceptors (Lipinski definition) is 8. The average molecular weight is 423 g/mol. The van der Waals surface area contributed by atoms with E-state index in [0.29, 0.717) is 23.5 Å². The molecule has 2 aliphatic rings. The first kappa shape index (κ1) is 19.5. The predicted octanol–water partition coefficient (Wildman–Crippen LogP) is 2.53. The van der Waals surface area contributed by atoms with Gasteiger partial charge in [-0.25, -0.2) is 13.8 Å². The minimum atomic E-state index is -1.14. The molecule has 0 radical (unpaired) electrons. The summed E-state index contributed by atoms with van der Waals surface area (Å²) in [6.07, 6.45) is 1.78. The van der Waals surface area contributed by atoms with Crippen molar-refractivity contribution < 1.29 is 13.5 Å². The van der Waals surface area contributed by atoms with Gasteiger partial charge in [-0.2, -0.15) is 10.4 Å². The van der Waals surface area contributed by atoms with E-state index in [1.54, 1.807) is 12.3 Å². The van der Waals surface area contributed by atoms with E-state index in [1.165, 1.54) is 0 Å². The van der Waals surface area contributed by atoms with Gasteiger partial charge in [0.05, 0.1) is 30.0 Å². The van der Waals surface area contributed by atoms with Gasteiger partial charge >= 0.3 is 0 Å². The molecule has 10 heteroatoms. The number of fused-ring (bicyclic) bond motifs is 3. The van der Waals surface area contributed by atoms with E-state index in [1.807, 2.05) is 13.0 Å². The molecule has 2 aliphatic heterocycles. The minimum absolute atomic E-state index is 0.171. The smallest absolute Gasteiger partial charge is 0.158 e. The molecular formula is C21H19F2N7O.